The first-order valence-corrected chi connectivity index (χ1v) is 20.5. The van der Waals surface area contributed by atoms with Crippen molar-refractivity contribution in [2.24, 2.45) is 0 Å². The minimum Gasteiger partial charge on any atom is -0.456 e. The number of fused-ring (bicyclic) bond motifs is 3. The topological polar surface area (TPSA) is 15.7 Å². The minimum absolute atomic E-state index is 0.303. The molecule has 0 N–H and O–H groups in total. The Labute approximate surface area is 346 Å². The van der Waals surface area contributed by atoms with E-state index in [9.17, 15) is 0 Å². The summed E-state index contributed by atoms with van der Waals surface area (Å²) in [6, 6.07) is 72.4. The standard InChI is InChI=1S/C54H35FN2OS/c55-38-32-37(45-23-12-15-36-14-10-11-22-44(36)45)33-43(34-38)56(39-16-4-1-5-17-39)42-26-27-46-49-29-28-47(48-24-13-25-50(54(48)49)58-51(46)35-42)52-30-31-53(59-52)57(40-18-6-2-7-19-40)41-20-8-3-9-21-41/h1-35H. The number of hydrogen-bond donors (Lipinski definition) is 0. The first-order chi connectivity index (χ1) is 29.2. The molecule has 10 aromatic rings. The molecule has 0 saturated heterocycles. The number of halogens is 1. The van der Waals surface area contributed by atoms with Crippen LogP contribution in [0.1, 0.15) is 0 Å². The summed E-state index contributed by atoms with van der Waals surface area (Å²) in [7, 11) is 0. The normalized spacial score (nSPS) is 11.6. The van der Waals surface area contributed by atoms with E-state index in [1.165, 1.54) is 4.88 Å². The van der Waals surface area contributed by atoms with Crippen molar-refractivity contribution in [1.29, 1.82) is 0 Å². The Balaban J connectivity index is 0.994. The van der Waals surface area contributed by atoms with Crippen molar-refractivity contribution in [1.82, 2.24) is 0 Å². The average molecular weight is 779 g/mol. The first-order valence-electron chi connectivity index (χ1n) is 19.7. The van der Waals surface area contributed by atoms with Crippen LogP contribution in [-0.2, 0) is 0 Å². The van der Waals surface area contributed by atoms with Crippen LogP contribution in [0.15, 0.2) is 212 Å². The van der Waals surface area contributed by atoms with E-state index in [0.29, 0.717) is 0 Å². The van der Waals surface area contributed by atoms with E-state index in [-0.39, 0.29) is 5.82 Å². The summed E-state index contributed by atoms with van der Waals surface area (Å²) in [6.07, 6.45) is 0. The van der Waals surface area contributed by atoms with E-state index >= 15 is 4.39 Å². The summed E-state index contributed by atoms with van der Waals surface area (Å²) in [5.41, 5.74) is 9.82. The molecule has 1 aliphatic heterocycles. The van der Waals surface area contributed by atoms with Gasteiger partial charge in [-0.3, -0.25) is 0 Å². The van der Waals surface area contributed by atoms with Crippen molar-refractivity contribution in [2.45, 2.75) is 0 Å². The van der Waals surface area contributed by atoms with Crippen LogP contribution in [0.2, 0.25) is 0 Å². The largest absolute Gasteiger partial charge is 0.456 e. The fourth-order valence-electron chi connectivity index (χ4n) is 8.48. The maximum Gasteiger partial charge on any atom is 0.137 e. The zero-order valence-corrected chi connectivity index (χ0v) is 32.6. The second kappa shape index (κ2) is 14.5. The van der Waals surface area contributed by atoms with Gasteiger partial charge in [0.05, 0.1) is 0 Å². The second-order valence-electron chi connectivity index (χ2n) is 14.7. The molecule has 11 rings (SSSR count). The Morgan fingerprint density at radius 2 is 1.02 bits per heavy atom. The first kappa shape index (κ1) is 34.8. The molecule has 3 nitrogen and oxygen atoms in total. The van der Waals surface area contributed by atoms with Crippen molar-refractivity contribution < 1.29 is 9.13 Å². The number of ether oxygens (including phenoxy) is 1. The average Bonchev–Trinajstić information content (AvgIpc) is 3.77. The maximum absolute atomic E-state index is 15.8. The fourth-order valence-corrected chi connectivity index (χ4v) is 9.57. The molecule has 0 fully saturated rings. The Hall–Kier alpha value is -7.47. The van der Waals surface area contributed by atoms with Gasteiger partial charge >= 0.3 is 0 Å². The number of rotatable bonds is 8. The molecular formula is C54H35FN2OS. The molecular weight excluding hydrogens is 744 g/mol. The quantitative estimate of drug-likeness (QED) is 0.153. The predicted molar refractivity (Wildman–Crippen MR) is 245 cm³/mol. The summed E-state index contributed by atoms with van der Waals surface area (Å²) < 4.78 is 22.6. The van der Waals surface area contributed by atoms with Gasteiger partial charge in [-0.05, 0) is 123 Å². The molecule has 1 aliphatic rings. The second-order valence-corrected chi connectivity index (χ2v) is 15.7. The molecule has 5 heteroatoms. The molecule has 0 radical (unpaired) electrons. The van der Waals surface area contributed by atoms with Crippen molar-refractivity contribution >= 4 is 66.3 Å². The molecule has 0 aliphatic carbocycles. The van der Waals surface area contributed by atoms with Gasteiger partial charge in [0.25, 0.3) is 0 Å². The number of hydrogen-bond acceptors (Lipinski definition) is 4. The van der Waals surface area contributed by atoms with Crippen LogP contribution >= 0.6 is 11.3 Å². The molecule has 1 aromatic heterocycles. The van der Waals surface area contributed by atoms with Crippen LogP contribution in [0.3, 0.4) is 0 Å². The van der Waals surface area contributed by atoms with E-state index in [0.717, 1.165) is 94.3 Å². The Morgan fingerprint density at radius 3 is 1.78 bits per heavy atom. The molecule has 0 bridgehead atoms. The number of thiophene rings is 1. The highest BCUT2D eigenvalue weighted by Gasteiger charge is 2.25. The smallest absolute Gasteiger partial charge is 0.137 e. The Bertz CT molecular complexity index is 3120. The summed E-state index contributed by atoms with van der Waals surface area (Å²) in [6.45, 7) is 0. The van der Waals surface area contributed by atoms with Crippen molar-refractivity contribution in [3.63, 3.8) is 0 Å². The number of nitrogens with zero attached hydrogens (tertiary/aromatic N) is 2. The van der Waals surface area contributed by atoms with Crippen LogP contribution in [0.4, 0.5) is 37.8 Å². The third-order valence-electron chi connectivity index (χ3n) is 11.1. The van der Waals surface area contributed by atoms with Crippen LogP contribution < -0.4 is 14.5 Å². The summed E-state index contributed by atoms with van der Waals surface area (Å²) in [5, 5.41) is 5.56. The summed E-state index contributed by atoms with van der Waals surface area (Å²) in [5.74, 6) is 1.26. The van der Waals surface area contributed by atoms with Crippen LogP contribution in [0.25, 0.3) is 54.2 Å². The minimum atomic E-state index is -0.303. The molecule has 0 saturated carbocycles. The van der Waals surface area contributed by atoms with Crippen LogP contribution in [0, 0.1) is 5.82 Å². The molecule has 280 valence electrons. The van der Waals surface area contributed by atoms with Crippen LogP contribution in [0.5, 0.6) is 11.5 Å². The lowest BCUT2D eigenvalue weighted by molar-refractivity contribution is 0.487. The maximum atomic E-state index is 15.8. The third-order valence-corrected chi connectivity index (χ3v) is 12.2. The van der Waals surface area contributed by atoms with E-state index < -0.39 is 0 Å². The lowest BCUT2D eigenvalue weighted by Gasteiger charge is -2.28. The third kappa shape index (κ3) is 6.20. The van der Waals surface area contributed by atoms with Gasteiger partial charge < -0.3 is 14.5 Å². The highest BCUT2D eigenvalue weighted by atomic mass is 32.1. The Kier molecular flexibility index (Phi) is 8.53. The molecule has 0 spiro atoms. The number of para-hydroxylation sites is 3. The molecule has 0 unspecified atom stereocenters. The highest BCUT2D eigenvalue weighted by Crippen LogP contribution is 2.52. The molecule has 59 heavy (non-hydrogen) atoms. The summed E-state index contributed by atoms with van der Waals surface area (Å²) >= 11 is 1.78. The molecule has 0 amide bonds. The van der Waals surface area contributed by atoms with Gasteiger partial charge in [0.1, 0.15) is 22.3 Å². The molecule has 9 aromatic carbocycles. The summed E-state index contributed by atoms with van der Waals surface area (Å²) in [4.78, 5) is 5.59. The van der Waals surface area contributed by atoms with E-state index in [1.807, 2.05) is 36.4 Å². The van der Waals surface area contributed by atoms with Gasteiger partial charge in [-0.25, -0.2) is 4.39 Å². The van der Waals surface area contributed by atoms with Crippen molar-refractivity contribution in [3.8, 4) is 44.2 Å². The van der Waals surface area contributed by atoms with Gasteiger partial charge in [-0.2, -0.15) is 0 Å². The highest BCUT2D eigenvalue weighted by molar-refractivity contribution is 7.19. The van der Waals surface area contributed by atoms with Gasteiger partial charge in [0.2, 0.25) is 0 Å². The number of anilines is 6. The van der Waals surface area contributed by atoms with Crippen molar-refractivity contribution in [2.75, 3.05) is 9.80 Å². The Morgan fingerprint density at radius 1 is 0.390 bits per heavy atom. The van der Waals surface area contributed by atoms with E-state index in [1.54, 1.807) is 23.5 Å². The lowest BCUT2D eigenvalue weighted by atomic mass is 9.91. The number of benzene rings is 9. The van der Waals surface area contributed by atoms with Gasteiger partial charge in [0, 0.05) is 50.3 Å². The monoisotopic (exact) mass is 778 g/mol. The fraction of sp³-hybridized carbons (Fsp3) is 0. The zero-order valence-electron chi connectivity index (χ0n) is 31.8. The molecule has 2 heterocycles. The predicted octanol–water partition coefficient (Wildman–Crippen LogP) is 16.2. The zero-order chi connectivity index (χ0) is 39.3. The van der Waals surface area contributed by atoms with Gasteiger partial charge in [-0.15, -0.1) is 11.3 Å². The van der Waals surface area contributed by atoms with E-state index in [2.05, 4.69) is 174 Å². The lowest BCUT2D eigenvalue weighted by Crippen LogP contribution is -2.11. The van der Waals surface area contributed by atoms with Gasteiger partial charge in [-0.1, -0.05) is 121 Å². The van der Waals surface area contributed by atoms with E-state index in [4.69, 9.17) is 4.74 Å². The van der Waals surface area contributed by atoms with Gasteiger partial charge in [0.15, 0.2) is 0 Å². The van der Waals surface area contributed by atoms with Crippen LogP contribution in [-0.4, -0.2) is 0 Å². The SMILES string of the molecule is Fc1cc(-c2cccc3ccccc23)cc(N(c2ccccc2)c2ccc3c(c2)Oc2cccc4c(-c5ccc(N(c6ccccc6)c6ccccc6)s5)ccc-3c24)c1. The van der Waals surface area contributed by atoms with Crippen molar-refractivity contribution in [3.05, 3.63) is 218 Å². The molecule has 0 atom stereocenters.